The number of nitrogens with two attached hydrogens (primary N) is 1. The fraction of sp³-hybridized carbons (Fsp3) is 0.636. The smallest absolute Gasteiger partial charge is 0.274 e. The van der Waals surface area contributed by atoms with Gasteiger partial charge in [0.2, 0.25) is 0 Å². The molecule has 1 amide bonds. The van der Waals surface area contributed by atoms with Gasteiger partial charge < -0.3 is 10.6 Å². The zero-order valence-electron chi connectivity index (χ0n) is 10.4. The molecule has 0 aliphatic carbocycles. The molecule has 0 aliphatic rings. The van der Waals surface area contributed by atoms with Gasteiger partial charge in [0.1, 0.15) is 5.69 Å². The summed E-state index contributed by atoms with van der Waals surface area (Å²) in [4.78, 5) is 13.8. The second-order valence-electron chi connectivity index (χ2n) is 4.34. The quantitative estimate of drug-likeness (QED) is 0.836. The summed E-state index contributed by atoms with van der Waals surface area (Å²) in [6, 6.07) is 0. The minimum atomic E-state index is -0.0643. The van der Waals surface area contributed by atoms with Crippen LogP contribution in [0.1, 0.15) is 31.3 Å². The lowest BCUT2D eigenvalue weighted by Gasteiger charge is -2.19. The molecule has 1 rings (SSSR count). The fourth-order valence-electron chi connectivity index (χ4n) is 1.68. The number of nitrogen functional groups attached to an aromatic ring is 1. The molecule has 16 heavy (non-hydrogen) atoms. The molecule has 0 fully saturated rings. The molecule has 0 atom stereocenters. The fourth-order valence-corrected chi connectivity index (χ4v) is 1.68. The van der Waals surface area contributed by atoms with E-state index in [-0.39, 0.29) is 5.91 Å². The molecule has 0 unspecified atom stereocenters. The maximum atomic E-state index is 12.1. The van der Waals surface area contributed by atoms with Crippen LogP contribution < -0.4 is 5.73 Å². The van der Waals surface area contributed by atoms with Gasteiger partial charge >= 0.3 is 0 Å². The molecule has 5 heteroatoms. The first-order valence-corrected chi connectivity index (χ1v) is 5.54. The van der Waals surface area contributed by atoms with E-state index in [0.29, 0.717) is 30.4 Å². The monoisotopic (exact) mass is 224 g/mol. The highest BCUT2D eigenvalue weighted by Gasteiger charge is 2.20. The number of anilines is 1. The molecule has 0 bridgehead atoms. The summed E-state index contributed by atoms with van der Waals surface area (Å²) in [5.74, 6) is 0.374. The number of rotatable bonds is 4. The average Bonchev–Trinajstić information content (AvgIpc) is 2.57. The summed E-state index contributed by atoms with van der Waals surface area (Å²) >= 11 is 0. The van der Waals surface area contributed by atoms with Crippen molar-refractivity contribution in [1.82, 2.24) is 14.7 Å². The van der Waals surface area contributed by atoms with Gasteiger partial charge in [-0.2, -0.15) is 5.10 Å². The molecule has 0 spiro atoms. The Kier molecular flexibility index (Phi) is 3.93. The van der Waals surface area contributed by atoms with Crippen molar-refractivity contribution >= 4 is 11.6 Å². The van der Waals surface area contributed by atoms with Gasteiger partial charge in [0.15, 0.2) is 0 Å². The Morgan fingerprint density at radius 2 is 2.25 bits per heavy atom. The molecule has 0 aliphatic heterocycles. The van der Waals surface area contributed by atoms with Crippen LogP contribution in [0.25, 0.3) is 0 Å². The van der Waals surface area contributed by atoms with Crippen LogP contribution in [-0.4, -0.2) is 34.2 Å². The highest BCUT2D eigenvalue weighted by atomic mass is 16.2. The molecule has 2 N–H and O–H groups in total. The molecule has 5 nitrogen and oxygen atoms in total. The number of aromatic nitrogens is 2. The Morgan fingerprint density at radius 1 is 1.62 bits per heavy atom. The van der Waals surface area contributed by atoms with Gasteiger partial charge in [0.05, 0.1) is 11.9 Å². The SMILES string of the molecule is CCn1ncc(N)c1C(=O)N(C)CC(C)C. The Labute approximate surface area is 96.2 Å². The van der Waals surface area contributed by atoms with E-state index in [2.05, 4.69) is 18.9 Å². The van der Waals surface area contributed by atoms with Crippen LogP contribution in [0.15, 0.2) is 6.20 Å². The topological polar surface area (TPSA) is 64.2 Å². The number of hydrogen-bond donors (Lipinski definition) is 1. The number of nitrogens with zero attached hydrogens (tertiary/aromatic N) is 3. The maximum absolute atomic E-state index is 12.1. The summed E-state index contributed by atoms with van der Waals surface area (Å²) in [6.07, 6.45) is 1.53. The number of amides is 1. The zero-order chi connectivity index (χ0) is 12.3. The highest BCUT2D eigenvalue weighted by Crippen LogP contribution is 2.13. The standard InChI is InChI=1S/C11H20N4O/c1-5-15-10(9(12)6-13-15)11(16)14(4)7-8(2)3/h6,8H,5,7,12H2,1-4H3. The van der Waals surface area contributed by atoms with Crippen molar-refractivity contribution in [3.05, 3.63) is 11.9 Å². The van der Waals surface area contributed by atoms with Crippen LogP contribution >= 0.6 is 0 Å². The van der Waals surface area contributed by atoms with Crippen molar-refractivity contribution in [1.29, 1.82) is 0 Å². The molecule has 0 saturated carbocycles. The van der Waals surface area contributed by atoms with Crippen LogP contribution in [-0.2, 0) is 6.54 Å². The first-order valence-electron chi connectivity index (χ1n) is 5.54. The van der Waals surface area contributed by atoms with Crippen LogP contribution in [0, 0.1) is 5.92 Å². The zero-order valence-corrected chi connectivity index (χ0v) is 10.4. The van der Waals surface area contributed by atoms with E-state index in [1.165, 1.54) is 6.20 Å². The highest BCUT2D eigenvalue weighted by molar-refractivity contribution is 5.97. The molecule has 1 aromatic heterocycles. The van der Waals surface area contributed by atoms with Gasteiger partial charge in [-0.15, -0.1) is 0 Å². The molecule has 0 radical (unpaired) electrons. The average molecular weight is 224 g/mol. The lowest BCUT2D eigenvalue weighted by Crippen LogP contribution is -2.32. The number of hydrogen-bond acceptors (Lipinski definition) is 3. The second-order valence-corrected chi connectivity index (χ2v) is 4.34. The van der Waals surface area contributed by atoms with Crippen molar-refractivity contribution in [3.8, 4) is 0 Å². The van der Waals surface area contributed by atoms with Gasteiger partial charge in [0, 0.05) is 20.1 Å². The summed E-state index contributed by atoms with van der Waals surface area (Å²) in [7, 11) is 1.79. The molecule has 1 heterocycles. The Hall–Kier alpha value is -1.52. The van der Waals surface area contributed by atoms with Gasteiger partial charge in [-0.1, -0.05) is 13.8 Å². The molecule has 0 aromatic carbocycles. The van der Waals surface area contributed by atoms with Crippen molar-refractivity contribution in [2.75, 3.05) is 19.3 Å². The van der Waals surface area contributed by atoms with Gasteiger partial charge in [-0.25, -0.2) is 0 Å². The minimum Gasteiger partial charge on any atom is -0.396 e. The number of carbonyl (C=O) groups is 1. The minimum absolute atomic E-state index is 0.0643. The Balaban J connectivity index is 2.91. The third-order valence-corrected chi connectivity index (χ3v) is 2.36. The van der Waals surface area contributed by atoms with Crippen LogP contribution in [0.3, 0.4) is 0 Å². The van der Waals surface area contributed by atoms with Crippen LogP contribution in [0.2, 0.25) is 0 Å². The molecular formula is C11H20N4O. The first kappa shape index (κ1) is 12.5. The van der Waals surface area contributed by atoms with E-state index >= 15 is 0 Å². The van der Waals surface area contributed by atoms with Crippen molar-refractivity contribution < 1.29 is 4.79 Å². The van der Waals surface area contributed by atoms with E-state index in [1.54, 1.807) is 16.6 Å². The van der Waals surface area contributed by atoms with Gasteiger partial charge in [-0.05, 0) is 12.8 Å². The third-order valence-electron chi connectivity index (χ3n) is 2.36. The maximum Gasteiger partial charge on any atom is 0.274 e. The Bertz CT molecular complexity index is 370. The van der Waals surface area contributed by atoms with E-state index in [0.717, 1.165) is 0 Å². The van der Waals surface area contributed by atoms with Crippen LogP contribution in [0.4, 0.5) is 5.69 Å². The van der Waals surface area contributed by atoms with E-state index in [9.17, 15) is 4.79 Å². The summed E-state index contributed by atoms with van der Waals surface area (Å²) < 4.78 is 1.63. The largest absolute Gasteiger partial charge is 0.396 e. The van der Waals surface area contributed by atoms with Gasteiger partial charge in [0.25, 0.3) is 5.91 Å². The predicted molar refractivity (Wildman–Crippen MR) is 64.1 cm³/mol. The summed E-state index contributed by atoms with van der Waals surface area (Å²) in [6.45, 7) is 7.45. The first-order chi connectivity index (χ1) is 7.47. The van der Waals surface area contributed by atoms with Crippen LogP contribution in [0.5, 0.6) is 0 Å². The normalized spacial score (nSPS) is 10.8. The second kappa shape index (κ2) is 5.01. The molecular weight excluding hydrogens is 204 g/mol. The predicted octanol–water partition coefficient (Wildman–Crippen LogP) is 1.21. The van der Waals surface area contributed by atoms with Crippen molar-refractivity contribution in [2.24, 2.45) is 5.92 Å². The third kappa shape index (κ3) is 2.53. The number of carbonyl (C=O) groups excluding carboxylic acids is 1. The van der Waals surface area contributed by atoms with Crippen molar-refractivity contribution in [3.63, 3.8) is 0 Å². The summed E-state index contributed by atoms with van der Waals surface area (Å²) in [5, 5.41) is 4.06. The molecule has 90 valence electrons. The summed E-state index contributed by atoms with van der Waals surface area (Å²) in [5.41, 5.74) is 6.69. The lowest BCUT2D eigenvalue weighted by atomic mass is 10.2. The number of aryl methyl sites for hydroxylation is 1. The van der Waals surface area contributed by atoms with Gasteiger partial charge in [-0.3, -0.25) is 9.48 Å². The van der Waals surface area contributed by atoms with Crippen molar-refractivity contribution in [2.45, 2.75) is 27.3 Å². The lowest BCUT2D eigenvalue weighted by molar-refractivity contribution is 0.0768. The molecule has 1 aromatic rings. The van der Waals surface area contributed by atoms with E-state index in [4.69, 9.17) is 5.73 Å². The van der Waals surface area contributed by atoms with E-state index < -0.39 is 0 Å². The Morgan fingerprint density at radius 3 is 2.75 bits per heavy atom. The molecule has 0 saturated heterocycles. The van der Waals surface area contributed by atoms with E-state index in [1.807, 2.05) is 6.92 Å².